The van der Waals surface area contributed by atoms with Crippen molar-refractivity contribution in [2.45, 2.75) is 32.7 Å². The van der Waals surface area contributed by atoms with Gasteiger partial charge in [0, 0.05) is 32.4 Å². The van der Waals surface area contributed by atoms with Crippen molar-refractivity contribution in [1.82, 2.24) is 14.9 Å². The maximum atomic E-state index is 11.6. The van der Waals surface area contributed by atoms with E-state index < -0.39 is 6.04 Å². The Kier molecular flexibility index (Phi) is 5.15. The van der Waals surface area contributed by atoms with Gasteiger partial charge in [-0.05, 0) is 12.3 Å². The van der Waals surface area contributed by atoms with Crippen molar-refractivity contribution < 1.29 is 4.79 Å². The van der Waals surface area contributed by atoms with Gasteiger partial charge in [0.15, 0.2) is 0 Å². The third kappa shape index (κ3) is 4.56. The van der Waals surface area contributed by atoms with Gasteiger partial charge in [-0.3, -0.25) is 4.79 Å². The highest BCUT2D eigenvalue weighted by Crippen LogP contribution is 2.02. The zero-order valence-corrected chi connectivity index (χ0v) is 10.8. The van der Waals surface area contributed by atoms with E-state index in [9.17, 15) is 4.79 Å². The fourth-order valence-corrected chi connectivity index (χ4v) is 1.68. The van der Waals surface area contributed by atoms with E-state index in [-0.39, 0.29) is 5.91 Å². The SMILES string of the molecule is CC(C)C[C@H](N)C(=O)NCCc1nccn1C. The molecule has 0 saturated carbocycles. The summed E-state index contributed by atoms with van der Waals surface area (Å²) in [5.74, 6) is 1.32. The molecule has 96 valence electrons. The zero-order chi connectivity index (χ0) is 12.8. The highest BCUT2D eigenvalue weighted by molar-refractivity contribution is 5.81. The Bertz CT molecular complexity index is 359. The first-order chi connectivity index (χ1) is 8.00. The van der Waals surface area contributed by atoms with Gasteiger partial charge in [0.2, 0.25) is 5.91 Å². The third-order valence-corrected chi connectivity index (χ3v) is 2.63. The van der Waals surface area contributed by atoms with Gasteiger partial charge < -0.3 is 15.6 Å². The molecule has 1 aromatic rings. The van der Waals surface area contributed by atoms with E-state index in [2.05, 4.69) is 24.1 Å². The van der Waals surface area contributed by atoms with Crippen molar-refractivity contribution in [2.24, 2.45) is 18.7 Å². The molecule has 5 heteroatoms. The first kappa shape index (κ1) is 13.7. The van der Waals surface area contributed by atoms with Crippen molar-refractivity contribution in [2.75, 3.05) is 6.54 Å². The van der Waals surface area contributed by atoms with E-state index >= 15 is 0 Å². The number of hydrogen-bond donors (Lipinski definition) is 2. The summed E-state index contributed by atoms with van der Waals surface area (Å²) in [7, 11) is 1.94. The number of imidazole rings is 1. The molecule has 0 aromatic carbocycles. The van der Waals surface area contributed by atoms with Crippen LogP contribution in [0.2, 0.25) is 0 Å². The standard InChI is InChI=1S/C12H22N4O/c1-9(2)8-10(13)12(17)15-5-4-11-14-6-7-16(11)3/h6-7,9-10H,4-5,8,13H2,1-3H3,(H,15,17)/t10-/m0/s1. The van der Waals surface area contributed by atoms with Crippen molar-refractivity contribution in [3.63, 3.8) is 0 Å². The van der Waals surface area contributed by atoms with Crippen LogP contribution in [0.3, 0.4) is 0 Å². The van der Waals surface area contributed by atoms with Gasteiger partial charge >= 0.3 is 0 Å². The monoisotopic (exact) mass is 238 g/mol. The molecule has 0 aliphatic carbocycles. The van der Waals surface area contributed by atoms with E-state index in [1.165, 1.54) is 0 Å². The number of rotatable bonds is 6. The Labute approximate surface area is 102 Å². The molecule has 0 aliphatic heterocycles. The Balaban J connectivity index is 2.27. The number of hydrogen-bond acceptors (Lipinski definition) is 3. The highest BCUT2D eigenvalue weighted by Gasteiger charge is 2.14. The van der Waals surface area contributed by atoms with Crippen LogP contribution in [-0.4, -0.2) is 28.0 Å². The molecular weight excluding hydrogens is 216 g/mol. The van der Waals surface area contributed by atoms with E-state index in [1.807, 2.05) is 17.8 Å². The minimum absolute atomic E-state index is 0.0760. The van der Waals surface area contributed by atoms with Crippen LogP contribution in [-0.2, 0) is 18.3 Å². The second-order valence-electron chi connectivity index (χ2n) is 4.73. The lowest BCUT2D eigenvalue weighted by Crippen LogP contribution is -2.42. The molecule has 0 radical (unpaired) electrons. The summed E-state index contributed by atoms with van der Waals surface area (Å²) in [6.45, 7) is 4.69. The molecule has 1 atom stereocenters. The lowest BCUT2D eigenvalue weighted by atomic mass is 10.0. The fraction of sp³-hybridized carbons (Fsp3) is 0.667. The minimum atomic E-state index is -0.406. The van der Waals surface area contributed by atoms with Gasteiger partial charge in [-0.25, -0.2) is 4.98 Å². The van der Waals surface area contributed by atoms with Gasteiger partial charge in [0.05, 0.1) is 6.04 Å². The molecule has 1 aromatic heterocycles. The van der Waals surface area contributed by atoms with Crippen molar-refractivity contribution in [3.8, 4) is 0 Å². The molecule has 17 heavy (non-hydrogen) atoms. The Hall–Kier alpha value is -1.36. The number of amides is 1. The first-order valence-electron chi connectivity index (χ1n) is 6.00. The second-order valence-corrected chi connectivity index (χ2v) is 4.73. The van der Waals surface area contributed by atoms with Crippen LogP contribution in [0.1, 0.15) is 26.1 Å². The molecule has 5 nitrogen and oxygen atoms in total. The number of carbonyl (C=O) groups excluding carboxylic acids is 1. The Morgan fingerprint density at radius 2 is 2.29 bits per heavy atom. The number of nitrogens with one attached hydrogen (secondary N) is 1. The smallest absolute Gasteiger partial charge is 0.236 e. The maximum absolute atomic E-state index is 11.6. The zero-order valence-electron chi connectivity index (χ0n) is 10.8. The van der Waals surface area contributed by atoms with Crippen LogP contribution in [0, 0.1) is 5.92 Å². The molecule has 0 saturated heterocycles. The van der Waals surface area contributed by atoms with E-state index in [0.717, 1.165) is 12.2 Å². The Morgan fingerprint density at radius 1 is 1.59 bits per heavy atom. The lowest BCUT2D eigenvalue weighted by Gasteiger charge is -2.13. The van der Waals surface area contributed by atoms with E-state index in [0.29, 0.717) is 18.9 Å². The number of carbonyl (C=O) groups is 1. The summed E-state index contributed by atoms with van der Waals surface area (Å²) in [5.41, 5.74) is 5.77. The summed E-state index contributed by atoms with van der Waals surface area (Å²) < 4.78 is 1.94. The summed E-state index contributed by atoms with van der Waals surface area (Å²) in [6.07, 6.45) is 5.08. The molecule has 3 N–H and O–H groups in total. The predicted octanol–water partition coefficient (Wildman–Crippen LogP) is 0.452. The molecule has 1 amide bonds. The van der Waals surface area contributed by atoms with E-state index in [4.69, 9.17) is 5.73 Å². The largest absolute Gasteiger partial charge is 0.354 e. The van der Waals surface area contributed by atoms with Crippen LogP contribution in [0.15, 0.2) is 12.4 Å². The first-order valence-corrected chi connectivity index (χ1v) is 6.00. The molecule has 0 aliphatic rings. The second kappa shape index (κ2) is 6.39. The summed E-state index contributed by atoms with van der Waals surface area (Å²) >= 11 is 0. The minimum Gasteiger partial charge on any atom is -0.354 e. The maximum Gasteiger partial charge on any atom is 0.236 e. The van der Waals surface area contributed by atoms with Gasteiger partial charge in [-0.1, -0.05) is 13.8 Å². The number of aryl methyl sites for hydroxylation is 1. The summed E-state index contributed by atoms with van der Waals surface area (Å²) in [6, 6.07) is -0.406. The molecular formula is C12H22N4O. The fourth-order valence-electron chi connectivity index (χ4n) is 1.68. The normalized spacial score (nSPS) is 12.8. The van der Waals surface area contributed by atoms with Crippen molar-refractivity contribution in [3.05, 3.63) is 18.2 Å². The van der Waals surface area contributed by atoms with Gasteiger partial charge in [0.25, 0.3) is 0 Å². The predicted molar refractivity (Wildman–Crippen MR) is 67.4 cm³/mol. The van der Waals surface area contributed by atoms with Crippen LogP contribution < -0.4 is 11.1 Å². The van der Waals surface area contributed by atoms with Crippen molar-refractivity contribution in [1.29, 1.82) is 0 Å². The molecule has 0 fully saturated rings. The van der Waals surface area contributed by atoms with Gasteiger partial charge in [-0.2, -0.15) is 0 Å². The molecule has 0 spiro atoms. The Morgan fingerprint density at radius 3 is 2.82 bits per heavy atom. The van der Waals surface area contributed by atoms with Crippen LogP contribution in [0.4, 0.5) is 0 Å². The topological polar surface area (TPSA) is 72.9 Å². The summed E-state index contributed by atoms with van der Waals surface area (Å²) in [4.78, 5) is 15.8. The van der Waals surface area contributed by atoms with Crippen LogP contribution in [0.25, 0.3) is 0 Å². The van der Waals surface area contributed by atoms with Gasteiger partial charge in [0.1, 0.15) is 5.82 Å². The average Bonchev–Trinajstić information content (AvgIpc) is 2.63. The molecule has 1 heterocycles. The van der Waals surface area contributed by atoms with Crippen LogP contribution in [0.5, 0.6) is 0 Å². The number of aromatic nitrogens is 2. The number of nitrogens with two attached hydrogens (primary N) is 1. The molecule has 1 rings (SSSR count). The van der Waals surface area contributed by atoms with Crippen LogP contribution >= 0.6 is 0 Å². The molecule has 0 bridgehead atoms. The number of nitrogens with zero attached hydrogens (tertiary/aromatic N) is 2. The van der Waals surface area contributed by atoms with Gasteiger partial charge in [-0.15, -0.1) is 0 Å². The lowest BCUT2D eigenvalue weighted by molar-refractivity contribution is -0.122. The summed E-state index contributed by atoms with van der Waals surface area (Å²) in [5, 5.41) is 2.84. The third-order valence-electron chi connectivity index (χ3n) is 2.63. The molecule has 0 unspecified atom stereocenters. The van der Waals surface area contributed by atoms with E-state index in [1.54, 1.807) is 6.20 Å². The quantitative estimate of drug-likeness (QED) is 0.756. The average molecular weight is 238 g/mol. The highest BCUT2D eigenvalue weighted by atomic mass is 16.2. The van der Waals surface area contributed by atoms with Crippen molar-refractivity contribution >= 4 is 5.91 Å².